The number of carbonyl (C=O) groups excluding carboxylic acids is 1. The van der Waals surface area contributed by atoms with Gasteiger partial charge in [0.25, 0.3) is 5.91 Å². The van der Waals surface area contributed by atoms with Crippen LogP contribution < -0.4 is 15.5 Å². The van der Waals surface area contributed by atoms with Gasteiger partial charge in [0.15, 0.2) is 0 Å². The van der Waals surface area contributed by atoms with Gasteiger partial charge < -0.3 is 25.0 Å². The lowest BCUT2D eigenvalue weighted by molar-refractivity contribution is 0.00843. The van der Waals surface area contributed by atoms with Crippen molar-refractivity contribution in [1.82, 2.24) is 10.6 Å². The van der Waals surface area contributed by atoms with Gasteiger partial charge in [0.2, 0.25) is 0 Å². The summed E-state index contributed by atoms with van der Waals surface area (Å²) < 4.78 is 10.9. The quantitative estimate of drug-likeness (QED) is 0.736. The van der Waals surface area contributed by atoms with E-state index < -0.39 is 0 Å². The number of hydrogen-bond acceptors (Lipinski definition) is 6. The molecule has 0 bridgehead atoms. The molecule has 1 aromatic rings. The number of nitrogens with one attached hydrogen (secondary N) is 2. The summed E-state index contributed by atoms with van der Waals surface area (Å²) in [7, 11) is 0. The van der Waals surface area contributed by atoms with E-state index in [0.717, 1.165) is 38.4 Å². The first kappa shape index (κ1) is 22.2. The lowest BCUT2D eigenvalue weighted by atomic mass is 9.91. The predicted octanol–water partition coefficient (Wildman–Crippen LogP) is 3.35. The second-order valence-corrected chi connectivity index (χ2v) is 9.54. The zero-order valence-corrected chi connectivity index (χ0v) is 19.2. The fraction of sp³-hybridized carbons (Fsp3) is 0.538. The fourth-order valence-electron chi connectivity index (χ4n) is 4.71. The lowest BCUT2D eigenvalue weighted by Crippen LogP contribution is -2.37. The van der Waals surface area contributed by atoms with Gasteiger partial charge >= 0.3 is 0 Å². The standard InChI is InChI=1S/C26H34N4O3/c31-25(29-24-4-2-1-3-14-32-15-11-27-19-28-24)22-6-5-20(21-17-33-18-21)16-23(22)30-12-9-26(7-8-26)10-13-30/h1-2,4-6,16,19,21H,3,7-15,17-18H2,(H,27,28)(H,29,31)/b2-1-,24-4+. The van der Waals surface area contributed by atoms with Crippen molar-refractivity contribution in [3.8, 4) is 0 Å². The molecule has 1 aromatic carbocycles. The maximum absolute atomic E-state index is 13.4. The van der Waals surface area contributed by atoms with E-state index >= 15 is 0 Å². The number of nitrogens with zero attached hydrogens (tertiary/aromatic N) is 2. The molecule has 0 aromatic heterocycles. The smallest absolute Gasteiger partial charge is 0.258 e. The third kappa shape index (κ3) is 5.47. The number of carbonyl (C=O) groups is 1. The van der Waals surface area contributed by atoms with Gasteiger partial charge in [-0.15, -0.1) is 0 Å². The highest BCUT2D eigenvalue weighted by molar-refractivity contribution is 6.01. The number of hydrogen-bond donors (Lipinski definition) is 2. The first-order valence-electron chi connectivity index (χ1n) is 12.2. The van der Waals surface area contributed by atoms with E-state index in [2.05, 4.69) is 32.7 Å². The van der Waals surface area contributed by atoms with Crippen LogP contribution in [0.2, 0.25) is 0 Å². The monoisotopic (exact) mass is 450 g/mol. The van der Waals surface area contributed by atoms with Crippen molar-refractivity contribution in [3.05, 3.63) is 53.4 Å². The summed E-state index contributed by atoms with van der Waals surface area (Å²) in [6, 6.07) is 6.29. The summed E-state index contributed by atoms with van der Waals surface area (Å²) in [6.45, 7) is 5.42. The maximum Gasteiger partial charge on any atom is 0.258 e. The number of aliphatic imine (C=N–C) groups is 1. The number of piperidine rings is 1. The molecule has 1 saturated carbocycles. The van der Waals surface area contributed by atoms with E-state index in [1.54, 1.807) is 6.34 Å². The fourth-order valence-corrected chi connectivity index (χ4v) is 4.71. The van der Waals surface area contributed by atoms with Crippen LogP contribution in [-0.4, -0.2) is 58.3 Å². The Morgan fingerprint density at radius 3 is 2.73 bits per heavy atom. The zero-order chi connectivity index (χ0) is 22.5. The van der Waals surface area contributed by atoms with Crippen molar-refractivity contribution < 1.29 is 14.3 Å². The van der Waals surface area contributed by atoms with Gasteiger partial charge in [0.1, 0.15) is 5.82 Å². The van der Waals surface area contributed by atoms with Crippen LogP contribution in [0.3, 0.4) is 0 Å². The van der Waals surface area contributed by atoms with Crippen LogP contribution in [0.15, 0.2) is 47.2 Å². The molecule has 0 atom stereocenters. The minimum atomic E-state index is -0.107. The second-order valence-electron chi connectivity index (χ2n) is 9.54. The van der Waals surface area contributed by atoms with Crippen molar-refractivity contribution in [2.24, 2.45) is 10.4 Å². The van der Waals surface area contributed by atoms with Crippen LogP contribution >= 0.6 is 0 Å². The van der Waals surface area contributed by atoms with Crippen molar-refractivity contribution in [2.75, 3.05) is 51.0 Å². The third-order valence-electron chi connectivity index (χ3n) is 7.25. The Hall–Kier alpha value is -2.64. The minimum absolute atomic E-state index is 0.107. The number of benzene rings is 1. The largest absolute Gasteiger partial charge is 0.380 e. The van der Waals surface area contributed by atoms with Gasteiger partial charge in [-0.05, 0) is 61.3 Å². The Morgan fingerprint density at radius 1 is 1.12 bits per heavy atom. The van der Waals surface area contributed by atoms with E-state index in [1.807, 2.05) is 24.3 Å². The summed E-state index contributed by atoms with van der Waals surface area (Å²) in [5.41, 5.74) is 3.62. The van der Waals surface area contributed by atoms with E-state index in [0.29, 0.717) is 42.5 Å². The average molecular weight is 451 g/mol. The zero-order valence-electron chi connectivity index (χ0n) is 19.2. The average Bonchev–Trinajstić information content (AvgIpc) is 3.53. The molecular weight excluding hydrogens is 416 g/mol. The second kappa shape index (κ2) is 10.1. The van der Waals surface area contributed by atoms with Crippen molar-refractivity contribution >= 4 is 17.9 Å². The summed E-state index contributed by atoms with van der Waals surface area (Å²) in [5, 5.41) is 6.16. The van der Waals surface area contributed by atoms with E-state index in [-0.39, 0.29) is 5.91 Å². The minimum Gasteiger partial charge on any atom is -0.380 e. The molecule has 2 saturated heterocycles. The number of allylic oxidation sites excluding steroid dienone is 2. The molecule has 1 amide bonds. The predicted molar refractivity (Wildman–Crippen MR) is 130 cm³/mol. The molecule has 2 N–H and O–H groups in total. The molecule has 3 heterocycles. The first-order valence-corrected chi connectivity index (χ1v) is 12.2. The highest BCUT2D eigenvalue weighted by Gasteiger charge is 2.44. The Bertz CT molecular complexity index is 937. The van der Waals surface area contributed by atoms with Crippen LogP contribution in [0.4, 0.5) is 5.69 Å². The number of ether oxygens (including phenoxy) is 2. The van der Waals surface area contributed by atoms with Crippen LogP contribution in [0.1, 0.15) is 53.9 Å². The molecule has 0 radical (unpaired) electrons. The molecular formula is C26H34N4O3. The molecule has 7 heteroatoms. The first-order chi connectivity index (χ1) is 16.2. The molecule has 5 rings (SSSR count). The SMILES string of the molecule is O=C(N/C1=C/C=C\CCOCCN=CN1)c1ccc(C2COC2)cc1N1CCC2(CC1)CC2. The van der Waals surface area contributed by atoms with E-state index in [1.165, 1.54) is 31.2 Å². The van der Waals surface area contributed by atoms with Gasteiger partial charge in [0, 0.05) is 24.7 Å². The van der Waals surface area contributed by atoms with Crippen LogP contribution in [0.5, 0.6) is 0 Å². The van der Waals surface area contributed by atoms with Gasteiger partial charge in [-0.25, -0.2) is 0 Å². The Labute approximate surface area is 195 Å². The Morgan fingerprint density at radius 2 is 1.97 bits per heavy atom. The molecule has 176 valence electrons. The van der Waals surface area contributed by atoms with Crippen molar-refractivity contribution in [2.45, 2.75) is 38.0 Å². The van der Waals surface area contributed by atoms with Gasteiger partial charge in [-0.2, -0.15) is 0 Å². The third-order valence-corrected chi connectivity index (χ3v) is 7.25. The summed E-state index contributed by atoms with van der Waals surface area (Å²) in [5.74, 6) is 0.935. The molecule has 1 aliphatic carbocycles. The summed E-state index contributed by atoms with van der Waals surface area (Å²) in [6.07, 6.45) is 13.5. The molecule has 3 fully saturated rings. The summed E-state index contributed by atoms with van der Waals surface area (Å²) in [4.78, 5) is 20.1. The van der Waals surface area contributed by atoms with Gasteiger partial charge in [0.05, 0.1) is 44.9 Å². The Kier molecular flexibility index (Phi) is 6.78. The van der Waals surface area contributed by atoms with Gasteiger partial charge in [-0.1, -0.05) is 18.2 Å². The Balaban J connectivity index is 1.35. The molecule has 3 aliphatic heterocycles. The van der Waals surface area contributed by atoms with Crippen LogP contribution in [0.25, 0.3) is 0 Å². The summed E-state index contributed by atoms with van der Waals surface area (Å²) >= 11 is 0. The molecule has 33 heavy (non-hydrogen) atoms. The normalized spacial score (nSPS) is 25.6. The topological polar surface area (TPSA) is 75.2 Å². The molecule has 7 nitrogen and oxygen atoms in total. The van der Waals surface area contributed by atoms with Crippen LogP contribution in [0, 0.1) is 5.41 Å². The number of anilines is 1. The molecule has 1 spiro atoms. The van der Waals surface area contributed by atoms with Crippen molar-refractivity contribution in [3.63, 3.8) is 0 Å². The maximum atomic E-state index is 13.4. The molecule has 4 aliphatic rings. The van der Waals surface area contributed by atoms with E-state index in [9.17, 15) is 4.79 Å². The number of amides is 1. The number of rotatable bonds is 4. The molecule has 0 unspecified atom stereocenters. The lowest BCUT2D eigenvalue weighted by Gasteiger charge is -2.36. The van der Waals surface area contributed by atoms with Gasteiger partial charge in [-0.3, -0.25) is 9.79 Å². The van der Waals surface area contributed by atoms with E-state index in [4.69, 9.17) is 9.47 Å². The highest BCUT2D eigenvalue weighted by Crippen LogP contribution is 2.54. The highest BCUT2D eigenvalue weighted by atomic mass is 16.5. The van der Waals surface area contributed by atoms with Crippen molar-refractivity contribution in [1.29, 1.82) is 0 Å². The van der Waals surface area contributed by atoms with Crippen LogP contribution in [-0.2, 0) is 9.47 Å².